The highest BCUT2D eigenvalue weighted by atomic mass is 15.2. The molecule has 0 unspecified atom stereocenters. The number of anilines is 2. The summed E-state index contributed by atoms with van der Waals surface area (Å²) < 4.78 is 0. The van der Waals surface area contributed by atoms with Gasteiger partial charge in [-0.1, -0.05) is 6.92 Å². The van der Waals surface area contributed by atoms with Gasteiger partial charge in [0.15, 0.2) is 0 Å². The van der Waals surface area contributed by atoms with Crippen LogP contribution in [0.15, 0.2) is 24.5 Å². The quantitative estimate of drug-likeness (QED) is 0.906. The molecule has 2 aromatic heterocycles. The number of aromatic nitrogens is 3. The molecule has 0 atom stereocenters. The number of rotatable bonds is 4. The zero-order valence-corrected chi connectivity index (χ0v) is 11.6. The highest BCUT2D eigenvalue weighted by molar-refractivity contribution is 5.56. The summed E-state index contributed by atoms with van der Waals surface area (Å²) in [7, 11) is 2.01. The standard InChI is InChI=1S/C14H19N5/c1-4-12-17-13(15)10(2)14(18-12)19(3)9-11-5-7-16-8-6-11/h5-8H,4,9H2,1-3H3,(H2,15,17,18). The summed E-state index contributed by atoms with van der Waals surface area (Å²) in [5.41, 5.74) is 8.05. The van der Waals surface area contributed by atoms with E-state index in [1.54, 1.807) is 12.4 Å². The monoisotopic (exact) mass is 257 g/mol. The van der Waals surface area contributed by atoms with Crippen LogP contribution in [-0.4, -0.2) is 22.0 Å². The summed E-state index contributed by atoms with van der Waals surface area (Å²) in [6.07, 6.45) is 4.37. The van der Waals surface area contributed by atoms with Gasteiger partial charge in [-0.2, -0.15) is 0 Å². The number of nitrogens with zero attached hydrogens (tertiary/aromatic N) is 4. The second-order valence-electron chi connectivity index (χ2n) is 4.54. The van der Waals surface area contributed by atoms with Crippen LogP contribution in [0.25, 0.3) is 0 Å². The molecule has 0 fully saturated rings. The molecule has 2 rings (SSSR count). The zero-order valence-electron chi connectivity index (χ0n) is 11.6. The molecular formula is C14H19N5. The SMILES string of the molecule is CCc1nc(N)c(C)c(N(C)Cc2ccncc2)n1. The fourth-order valence-corrected chi connectivity index (χ4v) is 1.94. The van der Waals surface area contributed by atoms with Crippen molar-refractivity contribution in [1.82, 2.24) is 15.0 Å². The lowest BCUT2D eigenvalue weighted by molar-refractivity contribution is 0.851. The molecule has 19 heavy (non-hydrogen) atoms. The molecule has 2 N–H and O–H groups in total. The Hall–Kier alpha value is -2.17. The van der Waals surface area contributed by atoms with Crippen molar-refractivity contribution in [3.05, 3.63) is 41.5 Å². The summed E-state index contributed by atoms with van der Waals surface area (Å²) in [6.45, 7) is 4.74. The minimum absolute atomic E-state index is 0.559. The molecule has 5 heteroatoms. The topological polar surface area (TPSA) is 67.9 Å². The van der Waals surface area contributed by atoms with Crippen molar-refractivity contribution in [3.8, 4) is 0 Å². The molecule has 0 spiro atoms. The van der Waals surface area contributed by atoms with Gasteiger partial charge in [0.2, 0.25) is 0 Å². The molecule has 5 nitrogen and oxygen atoms in total. The molecule has 0 aliphatic rings. The molecule has 0 radical (unpaired) electrons. The third-order valence-corrected chi connectivity index (χ3v) is 3.05. The minimum Gasteiger partial charge on any atom is -0.383 e. The van der Waals surface area contributed by atoms with Gasteiger partial charge in [0.25, 0.3) is 0 Å². The Morgan fingerprint density at radius 3 is 2.53 bits per heavy atom. The number of nitrogens with two attached hydrogens (primary N) is 1. The molecule has 0 bridgehead atoms. The fraction of sp³-hybridized carbons (Fsp3) is 0.357. The molecule has 0 saturated carbocycles. The second-order valence-corrected chi connectivity index (χ2v) is 4.54. The van der Waals surface area contributed by atoms with E-state index in [-0.39, 0.29) is 0 Å². The van der Waals surface area contributed by atoms with E-state index in [0.29, 0.717) is 5.82 Å². The lowest BCUT2D eigenvalue weighted by Crippen LogP contribution is -2.20. The predicted molar refractivity (Wildman–Crippen MR) is 76.9 cm³/mol. The summed E-state index contributed by atoms with van der Waals surface area (Å²) in [4.78, 5) is 14.9. The van der Waals surface area contributed by atoms with Crippen LogP contribution >= 0.6 is 0 Å². The Morgan fingerprint density at radius 2 is 1.89 bits per heavy atom. The number of hydrogen-bond donors (Lipinski definition) is 1. The van der Waals surface area contributed by atoms with Gasteiger partial charge in [0, 0.05) is 38.0 Å². The normalized spacial score (nSPS) is 10.5. The van der Waals surface area contributed by atoms with E-state index in [2.05, 4.69) is 19.9 Å². The van der Waals surface area contributed by atoms with Gasteiger partial charge in [0.05, 0.1) is 0 Å². The third-order valence-electron chi connectivity index (χ3n) is 3.05. The van der Waals surface area contributed by atoms with E-state index < -0.39 is 0 Å². The lowest BCUT2D eigenvalue weighted by atomic mass is 10.2. The van der Waals surface area contributed by atoms with Gasteiger partial charge in [-0.05, 0) is 24.6 Å². The number of aryl methyl sites for hydroxylation is 1. The van der Waals surface area contributed by atoms with Crippen molar-refractivity contribution in [2.24, 2.45) is 0 Å². The second kappa shape index (κ2) is 5.65. The average Bonchev–Trinajstić information content (AvgIpc) is 2.42. The van der Waals surface area contributed by atoms with Crippen molar-refractivity contribution in [2.45, 2.75) is 26.8 Å². The van der Waals surface area contributed by atoms with Crippen LogP contribution in [0.3, 0.4) is 0 Å². The molecule has 2 aromatic rings. The van der Waals surface area contributed by atoms with Gasteiger partial charge in [-0.25, -0.2) is 9.97 Å². The Labute approximate surface area is 113 Å². The number of hydrogen-bond acceptors (Lipinski definition) is 5. The van der Waals surface area contributed by atoms with Crippen molar-refractivity contribution in [1.29, 1.82) is 0 Å². The van der Waals surface area contributed by atoms with Gasteiger partial charge < -0.3 is 10.6 Å². The molecule has 0 aliphatic carbocycles. The summed E-state index contributed by atoms with van der Waals surface area (Å²) >= 11 is 0. The van der Waals surface area contributed by atoms with Gasteiger partial charge in [-0.15, -0.1) is 0 Å². The first-order chi connectivity index (χ1) is 9.11. The fourth-order valence-electron chi connectivity index (χ4n) is 1.94. The van der Waals surface area contributed by atoms with Crippen LogP contribution in [0.2, 0.25) is 0 Å². The molecule has 0 amide bonds. The summed E-state index contributed by atoms with van der Waals surface area (Å²) in [5, 5.41) is 0. The summed E-state index contributed by atoms with van der Waals surface area (Å²) in [6, 6.07) is 3.99. The Morgan fingerprint density at radius 1 is 1.21 bits per heavy atom. The van der Waals surface area contributed by atoms with Crippen LogP contribution in [0.1, 0.15) is 23.9 Å². The van der Waals surface area contributed by atoms with Crippen molar-refractivity contribution >= 4 is 11.6 Å². The van der Waals surface area contributed by atoms with Crippen molar-refractivity contribution in [2.75, 3.05) is 17.7 Å². The van der Waals surface area contributed by atoms with Crippen LogP contribution < -0.4 is 10.6 Å². The van der Waals surface area contributed by atoms with E-state index in [1.165, 1.54) is 5.56 Å². The van der Waals surface area contributed by atoms with E-state index in [0.717, 1.165) is 30.2 Å². The Bertz CT molecular complexity index is 553. The lowest BCUT2D eigenvalue weighted by Gasteiger charge is -2.21. The first kappa shape index (κ1) is 13.3. The largest absolute Gasteiger partial charge is 0.383 e. The average molecular weight is 257 g/mol. The van der Waals surface area contributed by atoms with E-state index >= 15 is 0 Å². The maximum atomic E-state index is 5.94. The Kier molecular flexibility index (Phi) is 3.94. The molecular weight excluding hydrogens is 238 g/mol. The smallest absolute Gasteiger partial charge is 0.137 e. The van der Waals surface area contributed by atoms with Crippen molar-refractivity contribution < 1.29 is 0 Å². The Balaban J connectivity index is 2.28. The third kappa shape index (κ3) is 2.99. The molecule has 0 saturated heterocycles. The predicted octanol–water partition coefficient (Wildman–Crippen LogP) is 1.96. The molecule has 2 heterocycles. The maximum Gasteiger partial charge on any atom is 0.137 e. The number of nitrogen functional groups attached to an aromatic ring is 1. The van der Waals surface area contributed by atoms with Gasteiger partial charge >= 0.3 is 0 Å². The first-order valence-electron chi connectivity index (χ1n) is 6.34. The number of pyridine rings is 1. The molecule has 100 valence electrons. The molecule has 0 aliphatic heterocycles. The molecule has 0 aromatic carbocycles. The van der Waals surface area contributed by atoms with Crippen LogP contribution in [0.5, 0.6) is 0 Å². The van der Waals surface area contributed by atoms with Gasteiger partial charge in [0.1, 0.15) is 17.5 Å². The van der Waals surface area contributed by atoms with Crippen LogP contribution in [-0.2, 0) is 13.0 Å². The maximum absolute atomic E-state index is 5.94. The minimum atomic E-state index is 0.559. The van der Waals surface area contributed by atoms with Gasteiger partial charge in [-0.3, -0.25) is 4.98 Å². The first-order valence-corrected chi connectivity index (χ1v) is 6.34. The highest BCUT2D eigenvalue weighted by Gasteiger charge is 2.12. The van der Waals surface area contributed by atoms with E-state index in [9.17, 15) is 0 Å². The van der Waals surface area contributed by atoms with Crippen LogP contribution in [0.4, 0.5) is 11.6 Å². The van der Waals surface area contributed by atoms with Crippen LogP contribution in [0, 0.1) is 6.92 Å². The zero-order chi connectivity index (χ0) is 13.8. The van der Waals surface area contributed by atoms with E-state index in [1.807, 2.05) is 33.0 Å². The van der Waals surface area contributed by atoms with Crippen molar-refractivity contribution in [3.63, 3.8) is 0 Å². The highest BCUT2D eigenvalue weighted by Crippen LogP contribution is 2.22. The summed E-state index contributed by atoms with van der Waals surface area (Å²) in [5.74, 6) is 2.23. The van der Waals surface area contributed by atoms with E-state index in [4.69, 9.17) is 5.73 Å².